The van der Waals surface area contributed by atoms with Crippen molar-refractivity contribution in [1.82, 2.24) is 10.4 Å². The van der Waals surface area contributed by atoms with Crippen molar-refractivity contribution in [3.8, 4) is 0 Å². The molecule has 0 aromatic carbocycles. The number of quaternary nitrogens is 1. The van der Waals surface area contributed by atoms with Crippen molar-refractivity contribution in [2.45, 2.75) is 37.5 Å². The third-order valence-electron chi connectivity index (χ3n) is 4.88. The number of carbonyl (C=O) groups is 2. The van der Waals surface area contributed by atoms with Crippen LogP contribution in [0.25, 0.3) is 0 Å². The number of fused-ring (bicyclic) bond motifs is 2. The minimum Gasteiger partial charge on any atom is -0.374 e. The summed E-state index contributed by atoms with van der Waals surface area (Å²) in [7, 11) is -4.89. The molecule has 3 rings (SSSR count). The van der Waals surface area contributed by atoms with E-state index in [2.05, 4.69) is 9.60 Å². The van der Waals surface area contributed by atoms with E-state index in [1.54, 1.807) is 0 Å². The Hall–Kier alpha value is -1.35. The van der Waals surface area contributed by atoms with Crippen LogP contribution in [0, 0.1) is 0 Å². The number of piperidine rings is 1. The van der Waals surface area contributed by atoms with E-state index in [4.69, 9.17) is 19.9 Å². The number of ether oxygens (including phenoxy) is 1. The van der Waals surface area contributed by atoms with Gasteiger partial charge in [0.2, 0.25) is 6.04 Å². The van der Waals surface area contributed by atoms with Crippen molar-refractivity contribution >= 4 is 22.3 Å². The molecule has 4 atom stereocenters. The topological polar surface area (TPSA) is 157 Å². The minimum atomic E-state index is -4.89. The van der Waals surface area contributed by atoms with Crippen molar-refractivity contribution in [3.05, 3.63) is 0 Å². The molecule has 148 valence electrons. The number of hydroxylamine groups is 5. The van der Waals surface area contributed by atoms with Crippen molar-refractivity contribution in [1.29, 1.82) is 0 Å². The normalized spacial score (nSPS) is 34.4. The first-order valence-electron chi connectivity index (χ1n) is 8.37. The molecule has 2 unspecified atom stereocenters. The molecule has 3 saturated heterocycles. The van der Waals surface area contributed by atoms with Crippen LogP contribution in [0.3, 0.4) is 0 Å². The lowest BCUT2D eigenvalue weighted by atomic mass is 10.00. The molecular formula is C13H23N4O8S+. The monoisotopic (exact) mass is 395 g/mol. The molecule has 4 N–H and O–H groups in total. The van der Waals surface area contributed by atoms with E-state index in [0.29, 0.717) is 11.5 Å². The van der Waals surface area contributed by atoms with Crippen LogP contribution < -0.4 is 11.1 Å². The summed E-state index contributed by atoms with van der Waals surface area (Å²) >= 11 is 0. The lowest BCUT2D eigenvalue weighted by Gasteiger charge is -2.35. The van der Waals surface area contributed by atoms with Crippen molar-refractivity contribution in [2.75, 3.05) is 32.8 Å². The van der Waals surface area contributed by atoms with Gasteiger partial charge in [-0.15, -0.1) is 9.35 Å². The Bertz CT molecular complexity index is 667. The van der Waals surface area contributed by atoms with Gasteiger partial charge in [0.15, 0.2) is 0 Å². The first-order valence-corrected chi connectivity index (χ1v) is 9.74. The molecule has 0 spiro atoms. The highest BCUT2D eigenvalue weighted by atomic mass is 32.3. The molecule has 3 fully saturated rings. The van der Waals surface area contributed by atoms with Crippen LogP contribution in [0.2, 0.25) is 0 Å². The Morgan fingerprint density at radius 3 is 2.73 bits per heavy atom. The summed E-state index contributed by atoms with van der Waals surface area (Å²) in [5, 5.41) is 3.71. The van der Waals surface area contributed by atoms with Gasteiger partial charge in [-0.3, -0.25) is 9.35 Å². The number of hydrogen-bond acceptors (Lipinski definition) is 8. The molecule has 0 saturated carbocycles. The smallest absolute Gasteiger partial charge is 0.374 e. The van der Waals surface area contributed by atoms with Crippen molar-refractivity contribution < 1.29 is 41.1 Å². The van der Waals surface area contributed by atoms with E-state index in [1.807, 2.05) is 0 Å². The van der Waals surface area contributed by atoms with Crippen LogP contribution in [0.4, 0.5) is 4.79 Å². The van der Waals surface area contributed by atoms with Gasteiger partial charge >= 0.3 is 16.4 Å². The third-order valence-corrected chi connectivity index (χ3v) is 5.23. The second-order valence-electron chi connectivity index (χ2n) is 6.56. The van der Waals surface area contributed by atoms with Crippen LogP contribution in [0.1, 0.15) is 19.3 Å². The Kier molecular flexibility index (Phi) is 5.48. The largest absolute Gasteiger partial charge is 0.477 e. The minimum absolute atomic E-state index is 0.00700. The predicted octanol–water partition coefficient (Wildman–Crippen LogP) is -1.70. The molecule has 3 aliphatic rings. The lowest BCUT2D eigenvalue weighted by Crippen LogP contribution is -2.63. The maximum atomic E-state index is 12.8. The molecular weight excluding hydrogens is 372 g/mol. The number of nitrogens with one attached hydrogen (secondary N) is 1. The molecule has 0 aromatic heterocycles. The Balaban J connectivity index is 1.70. The zero-order valence-corrected chi connectivity index (χ0v) is 14.9. The highest BCUT2D eigenvalue weighted by molar-refractivity contribution is 7.80. The van der Waals surface area contributed by atoms with E-state index in [9.17, 15) is 18.0 Å². The molecule has 0 aromatic rings. The summed E-state index contributed by atoms with van der Waals surface area (Å²) in [4.78, 5) is 30.3. The number of hydrogen-bond donors (Lipinski definition) is 3. The highest BCUT2D eigenvalue weighted by Gasteiger charge is 2.65. The van der Waals surface area contributed by atoms with Crippen molar-refractivity contribution in [3.63, 3.8) is 0 Å². The van der Waals surface area contributed by atoms with Gasteiger partial charge < -0.3 is 15.8 Å². The average molecular weight is 395 g/mol. The maximum absolute atomic E-state index is 12.8. The fraction of sp³-hybridized carbons (Fsp3) is 0.846. The fourth-order valence-corrected chi connectivity index (χ4v) is 4.13. The van der Waals surface area contributed by atoms with E-state index >= 15 is 0 Å². The molecule has 0 radical (unpaired) electrons. The summed E-state index contributed by atoms with van der Waals surface area (Å²) in [6.07, 6.45) is 1.46. The quantitative estimate of drug-likeness (QED) is 0.247. The second kappa shape index (κ2) is 7.34. The molecule has 26 heavy (non-hydrogen) atoms. The molecule has 2 bridgehead atoms. The zero-order chi connectivity index (χ0) is 18.9. The number of nitrogens with two attached hydrogens (primary N) is 1. The summed E-state index contributed by atoms with van der Waals surface area (Å²) in [6.45, 7) is 1.82. The number of nitrogens with zero attached hydrogens (tertiary/aromatic N) is 2. The van der Waals surface area contributed by atoms with Gasteiger partial charge in [0, 0.05) is 13.0 Å². The Morgan fingerprint density at radius 1 is 1.35 bits per heavy atom. The Morgan fingerprint density at radius 2 is 2.12 bits per heavy atom. The van der Waals surface area contributed by atoms with E-state index < -0.39 is 39.1 Å². The van der Waals surface area contributed by atoms with Gasteiger partial charge in [-0.1, -0.05) is 4.65 Å². The molecule has 3 aliphatic heterocycles. The van der Waals surface area contributed by atoms with Gasteiger partial charge in [0.1, 0.15) is 19.2 Å². The highest BCUT2D eigenvalue weighted by Crippen LogP contribution is 2.38. The third kappa shape index (κ3) is 3.83. The van der Waals surface area contributed by atoms with E-state index in [1.165, 1.54) is 0 Å². The first kappa shape index (κ1) is 19.4. The number of rotatable bonds is 8. The zero-order valence-electron chi connectivity index (χ0n) is 14.1. The van der Waals surface area contributed by atoms with Gasteiger partial charge in [0.25, 0.3) is 5.91 Å². The van der Waals surface area contributed by atoms with Gasteiger partial charge in [0.05, 0.1) is 12.7 Å². The number of amides is 3. The van der Waals surface area contributed by atoms with Crippen LogP contribution in [0.15, 0.2) is 0 Å². The van der Waals surface area contributed by atoms with Gasteiger partial charge in [-0.05, 0) is 19.4 Å². The maximum Gasteiger partial charge on any atom is 0.477 e. The second-order valence-corrected chi connectivity index (χ2v) is 7.56. The number of urea groups is 1. The summed E-state index contributed by atoms with van der Waals surface area (Å²) < 4.78 is 40.2. The van der Waals surface area contributed by atoms with Gasteiger partial charge in [-0.2, -0.15) is 13.3 Å². The van der Waals surface area contributed by atoms with Crippen LogP contribution in [-0.4, -0.2) is 85.7 Å². The molecule has 0 aliphatic carbocycles. The standard InChI is InChI=1S/C13H22N4O8S/c14-12(18)11-2-1-9-8-17(11,13(19)16(9)25-26(20,21)22)24-6-5-23-10-3-4-15-7-10/h9-11,15H,1-8H2,(H2-,14,18,20,21,22)/p+1/t9-,10?,11+,17?/m1/s1. The van der Waals surface area contributed by atoms with Crippen molar-refractivity contribution in [2.24, 2.45) is 5.73 Å². The van der Waals surface area contributed by atoms with E-state index in [0.717, 1.165) is 19.5 Å². The van der Waals surface area contributed by atoms with Crippen LogP contribution in [-0.2, 0) is 29.1 Å². The lowest BCUT2D eigenvalue weighted by molar-refractivity contribution is -1.05. The SMILES string of the molecule is NC(=O)[C@@H]1CC[C@@H]2C[N+]1(OCCOC1CCNC1)C(=O)N2OS(=O)(=O)O. The fourth-order valence-electron chi connectivity index (χ4n) is 3.74. The molecule has 3 heterocycles. The Labute approximate surface area is 150 Å². The molecule has 13 heteroatoms. The van der Waals surface area contributed by atoms with Gasteiger partial charge in [-0.25, -0.2) is 4.79 Å². The van der Waals surface area contributed by atoms with Crippen LogP contribution >= 0.6 is 0 Å². The molecule has 12 nitrogen and oxygen atoms in total. The first-order chi connectivity index (χ1) is 12.2. The molecule has 3 amide bonds. The average Bonchev–Trinajstić information content (AvgIpc) is 3.13. The summed E-state index contributed by atoms with van der Waals surface area (Å²) in [5.74, 6) is -0.730. The predicted molar refractivity (Wildman–Crippen MR) is 84.2 cm³/mol. The summed E-state index contributed by atoms with van der Waals surface area (Å²) in [6, 6.07) is -2.52. The van der Waals surface area contributed by atoms with E-state index in [-0.39, 0.29) is 32.3 Å². The number of primary amides is 1. The van der Waals surface area contributed by atoms with Crippen LogP contribution in [0.5, 0.6) is 0 Å². The number of carbonyl (C=O) groups excluding carboxylic acids is 2. The summed E-state index contributed by atoms with van der Waals surface area (Å²) in [5.41, 5.74) is 5.42.